The maximum Gasteiger partial charge on any atom is 0.302 e. The molecule has 0 unspecified atom stereocenters. The number of carbonyl (C=O) groups is 1. The van der Waals surface area contributed by atoms with Gasteiger partial charge in [0.1, 0.15) is 72.0 Å². The number of ether oxygens (including phenoxy) is 5. The largest absolute Gasteiger partial charge is 0.508 e. The summed E-state index contributed by atoms with van der Waals surface area (Å²) in [6.45, 7) is -0.298. The van der Waals surface area contributed by atoms with Crippen LogP contribution in [-0.4, -0.2) is 127 Å². The van der Waals surface area contributed by atoms with Crippen LogP contribution in [0.3, 0.4) is 0 Å². The molecule has 0 aliphatic carbocycles. The van der Waals surface area contributed by atoms with Gasteiger partial charge in [0.05, 0.1) is 6.61 Å². The Balaban J connectivity index is 1.49. The normalized spacial score (nSPS) is 31.5. The average molecular weight is 653 g/mol. The third-order valence-electron chi connectivity index (χ3n) is 7.55. The van der Waals surface area contributed by atoms with Crippen LogP contribution in [0.4, 0.5) is 0 Å². The summed E-state index contributed by atoms with van der Waals surface area (Å²) in [7, 11) is 0. The van der Waals surface area contributed by atoms with Crippen molar-refractivity contribution in [1.29, 1.82) is 0 Å². The molecule has 0 saturated carbocycles. The summed E-state index contributed by atoms with van der Waals surface area (Å²) in [5, 5.41) is 93.3. The van der Waals surface area contributed by atoms with E-state index in [1.165, 1.54) is 24.3 Å². The van der Waals surface area contributed by atoms with E-state index in [0.717, 1.165) is 19.1 Å². The molecular formula is C29H32O17. The van der Waals surface area contributed by atoms with Gasteiger partial charge in [-0.3, -0.25) is 9.59 Å². The van der Waals surface area contributed by atoms with E-state index in [2.05, 4.69) is 0 Å². The molecule has 0 amide bonds. The van der Waals surface area contributed by atoms with Crippen molar-refractivity contribution in [3.05, 3.63) is 46.6 Å². The SMILES string of the molecule is CC(=O)OC[C@H]1O[C@@H](O[C@H]2[C@H](Oc3cc(O)c4c(=O)cc(-c5ccc(O)cc5)oc4c3O)O[C@H](CO)[C@@H](O)[C@@H]2O)[C@H](O)[C@H](O)[C@@H]1O. The summed E-state index contributed by atoms with van der Waals surface area (Å²) in [4.78, 5) is 24.1. The van der Waals surface area contributed by atoms with Crippen molar-refractivity contribution in [3.63, 3.8) is 0 Å². The maximum absolute atomic E-state index is 12.9. The number of phenols is 3. The number of carbonyl (C=O) groups excluding carboxylic acids is 1. The van der Waals surface area contributed by atoms with Gasteiger partial charge in [-0.15, -0.1) is 0 Å². The van der Waals surface area contributed by atoms with Crippen molar-refractivity contribution in [1.82, 2.24) is 0 Å². The Hall–Kier alpha value is -4.04. The van der Waals surface area contributed by atoms with Crippen molar-refractivity contribution in [2.24, 2.45) is 0 Å². The molecule has 5 rings (SSSR count). The third-order valence-corrected chi connectivity index (χ3v) is 7.55. The Morgan fingerprint density at radius 1 is 0.848 bits per heavy atom. The van der Waals surface area contributed by atoms with Crippen molar-refractivity contribution in [2.75, 3.05) is 13.2 Å². The van der Waals surface area contributed by atoms with E-state index in [1.807, 2.05) is 0 Å². The molecule has 10 atom stereocenters. The number of hydrogen-bond acceptors (Lipinski definition) is 17. The van der Waals surface area contributed by atoms with Crippen LogP contribution in [0.2, 0.25) is 0 Å². The fraction of sp³-hybridized carbons (Fsp3) is 0.448. The summed E-state index contributed by atoms with van der Waals surface area (Å²) in [6, 6.07) is 7.43. The summed E-state index contributed by atoms with van der Waals surface area (Å²) in [6.07, 6.45) is -17.7. The minimum absolute atomic E-state index is 0.0501. The number of aliphatic hydroxyl groups is 6. The molecule has 2 fully saturated rings. The molecule has 0 bridgehead atoms. The van der Waals surface area contributed by atoms with E-state index >= 15 is 0 Å². The molecule has 17 heteroatoms. The average Bonchev–Trinajstić information content (AvgIpc) is 3.02. The van der Waals surface area contributed by atoms with Crippen LogP contribution >= 0.6 is 0 Å². The molecule has 17 nitrogen and oxygen atoms in total. The molecular weight excluding hydrogens is 620 g/mol. The van der Waals surface area contributed by atoms with Crippen LogP contribution in [0.5, 0.6) is 23.0 Å². The van der Waals surface area contributed by atoms with Gasteiger partial charge < -0.3 is 74.1 Å². The van der Waals surface area contributed by atoms with E-state index in [4.69, 9.17) is 28.1 Å². The zero-order valence-electron chi connectivity index (χ0n) is 23.9. The number of aromatic hydroxyl groups is 3. The summed E-state index contributed by atoms with van der Waals surface area (Å²) in [5.41, 5.74) is -0.931. The highest BCUT2D eigenvalue weighted by Gasteiger charge is 2.51. The fourth-order valence-corrected chi connectivity index (χ4v) is 5.08. The maximum atomic E-state index is 12.9. The summed E-state index contributed by atoms with van der Waals surface area (Å²) < 4.78 is 33.0. The van der Waals surface area contributed by atoms with Crippen LogP contribution in [0, 0.1) is 0 Å². The molecule has 2 aliphatic heterocycles. The smallest absolute Gasteiger partial charge is 0.302 e. The lowest BCUT2D eigenvalue weighted by Gasteiger charge is -2.45. The molecule has 2 saturated heterocycles. The van der Waals surface area contributed by atoms with E-state index in [-0.39, 0.29) is 11.5 Å². The minimum atomic E-state index is -1.95. The second-order valence-electron chi connectivity index (χ2n) is 10.7. The van der Waals surface area contributed by atoms with Gasteiger partial charge >= 0.3 is 5.97 Å². The third kappa shape index (κ3) is 6.45. The van der Waals surface area contributed by atoms with E-state index in [0.29, 0.717) is 5.56 Å². The number of fused-ring (bicyclic) bond motifs is 1. The zero-order chi connectivity index (χ0) is 33.4. The molecule has 0 spiro atoms. The van der Waals surface area contributed by atoms with Gasteiger partial charge in [-0.1, -0.05) is 0 Å². The second kappa shape index (κ2) is 13.4. The molecule has 2 aromatic carbocycles. The highest BCUT2D eigenvalue weighted by atomic mass is 16.8. The standard InChI is InChI=1S/C29H32O17/c1-10(31)41-9-18-21(36)23(38)25(40)28(45-18)46-27-24(39)20(35)17(8-30)44-29(27)43-16-7-14(34)19-13(33)6-15(42-26(19)22(16)37)11-2-4-12(32)5-3-11/h2-7,17-18,20-21,23-25,27-30,32,34-40H,8-9H2,1H3/t17-,18-,20-,21-,23-,24+,25-,27-,28+,29-/m1/s1. The van der Waals surface area contributed by atoms with Crippen LogP contribution in [0.25, 0.3) is 22.3 Å². The lowest BCUT2D eigenvalue weighted by Crippen LogP contribution is -2.65. The van der Waals surface area contributed by atoms with Crippen molar-refractivity contribution in [2.45, 2.75) is 68.3 Å². The van der Waals surface area contributed by atoms with Gasteiger partial charge in [-0.2, -0.15) is 0 Å². The van der Waals surface area contributed by atoms with E-state index in [9.17, 15) is 55.5 Å². The number of esters is 1. The van der Waals surface area contributed by atoms with Gasteiger partial charge in [0.15, 0.2) is 29.2 Å². The van der Waals surface area contributed by atoms with Gasteiger partial charge in [0.2, 0.25) is 12.0 Å². The molecule has 2 aliphatic rings. The minimum Gasteiger partial charge on any atom is -0.508 e. The molecule has 3 heterocycles. The Morgan fingerprint density at radius 2 is 1.50 bits per heavy atom. The number of phenolic OH excluding ortho intramolecular Hbond substituents is 3. The lowest BCUT2D eigenvalue weighted by atomic mass is 9.97. The molecule has 46 heavy (non-hydrogen) atoms. The molecule has 3 aromatic rings. The van der Waals surface area contributed by atoms with E-state index < -0.39 is 114 Å². The van der Waals surface area contributed by atoms with Gasteiger partial charge in [0.25, 0.3) is 0 Å². The topological polar surface area (TPSA) is 275 Å². The number of aliphatic hydroxyl groups excluding tert-OH is 6. The van der Waals surface area contributed by atoms with Crippen LogP contribution < -0.4 is 10.2 Å². The molecule has 250 valence electrons. The predicted molar refractivity (Wildman–Crippen MR) is 149 cm³/mol. The first kappa shape index (κ1) is 33.3. The molecule has 0 radical (unpaired) electrons. The molecule has 1 aromatic heterocycles. The first-order chi connectivity index (χ1) is 21.8. The second-order valence-corrected chi connectivity index (χ2v) is 10.7. The number of rotatable bonds is 8. The first-order valence-electron chi connectivity index (χ1n) is 13.9. The van der Waals surface area contributed by atoms with Gasteiger partial charge in [-0.25, -0.2) is 0 Å². The van der Waals surface area contributed by atoms with Crippen molar-refractivity contribution < 1.29 is 78.9 Å². The van der Waals surface area contributed by atoms with Crippen molar-refractivity contribution in [3.8, 4) is 34.3 Å². The Morgan fingerprint density at radius 3 is 2.15 bits per heavy atom. The number of hydrogen-bond donors (Lipinski definition) is 9. The number of benzene rings is 2. The van der Waals surface area contributed by atoms with Crippen LogP contribution in [0.1, 0.15) is 6.92 Å². The highest BCUT2D eigenvalue weighted by molar-refractivity contribution is 5.91. The lowest BCUT2D eigenvalue weighted by molar-refractivity contribution is -0.358. The highest BCUT2D eigenvalue weighted by Crippen LogP contribution is 2.42. The van der Waals surface area contributed by atoms with E-state index in [1.54, 1.807) is 0 Å². The molecule has 9 N–H and O–H groups in total. The van der Waals surface area contributed by atoms with Crippen molar-refractivity contribution >= 4 is 16.9 Å². The first-order valence-corrected chi connectivity index (χ1v) is 13.9. The van der Waals surface area contributed by atoms with Crippen LogP contribution in [-0.2, 0) is 23.7 Å². The Kier molecular flexibility index (Phi) is 9.68. The zero-order valence-corrected chi connectivity index (χ0v) is 23.9. The van der Waals surface area contributed by atoms with Crippen LogP contribution in [0.15, 0.2) is 45.6 Å². The quantitative estimate of drug-likeness (QED) is 0.0954. The van der Waals surface area contributed by atoms with Gasteiger partial charge in [-0.05, 0) is 24.3 Å². The predicted octanol–water partition coefficient (Wildman–Crippen LogP) is -1.85. The monoisotopic (exact) mass is 652 g/mol. The summed E-state index contributed by atoms with van der Waals surface area (Å²) >= 11 is 0. The Bertz CT molecular complexity index is 1610. The van der Waals surface area contributed by atoms with Gasteiger partial charge in [0, 0.05) is 24.6 Å². The fourth-order valence-electron chi connectivity index (χ4n) is 5.08. The summed E-state index contributed by atoms with van der Waals surface area (Å²) in [5.74, 6) is -2.94. The Labute approximate surface area is 258 Å².